The molecular formula is C16H19BrN2O2. The van der Waals surface area contributed by atoms with Crippen molar-refractivity contribution in [1.29, 1.82) is 5.26 Å². The molecule has 21 heavy (non-hydrogen) atoms. The summed E-state index contributed by atoms with van der Waals surface area (Å²) < 4.78 is 12.5. The van der Waals surface area contributed by atoms with Crippen LogP contribution in [0, 0.1) is 11.3 Å². The van der Waals surface area contributed by atoms with Crippen molar-refractivity contribution < 1.29 is 9.47 Å². The minimum atomic E-state index is -0.0347. The lowest BCUT2D eigenvalue weighted by molar-refractivity contribution is -0.135. The second-order valence-corrected chi connectivity index (χ2v) is 6.70. The first-order chi connectivity index (χ1) is 10.2. The van der Waals surface area contributed by atoms with Crippen molar-refractivity contribution in [2.75, 3.05) is 25.1 Å². The van der Waals surface area contributed by atoms with E-state index in [1.807, 2.05) is 18.2 Å². The highest BCUT2D eigenvalue weighted by atomic mass is 79.9. The Bertz CT molecular complexity index is 544. The summed E-state index contributed by atoms with van der Waals surface area (Å²) in [6.45, 7) is 2.34. The Hall–Kier alpha value is -1.09. The van der Waals surface area contributed by atoms with E-state index in [-0.39, 0.29) is 5.60 Å². The number of hydrogen-bond donors (Lipinski definition) is 1. The Balaban J connectivity index is 1.73. The predicted molar refractivity (Wildman–Crippen MR) is 84.2 cm³/mol. The molecule has 112 valence electrons. The maximum Gasteiger partial charge on any atom is 0.101 e. The third-order valence-corrected chi connectivity index (χ3v) is 4.85. The van der Waals surface area contributed by atoms with Gasteiger partial charge in [-0.05, 0) is 43.9 Å². The second-order valence-electron chi connectivity index (χ2n) is 5.78. The quantitative estimate of drug-likeness (QED) is 0.887. The monoisotopic (exact) mass is 350 g/mol. The molecule has 0 aliphatic carbocycles. The zero-order valence-electron chi connectivity index (χ0n) is 11.9. The summed E-state index contributed by atoms with van der Waals surface area (Å²) in [5, 5.41) is 12.8. The Labute approximate surface area is 133 Å². The Morgan fingerprint density at radius 3 is 2.86 bits per heavy atom. The van der Waals surface area contributed by atoms with Gasteiger partial charge in [0.15, 0.2) is 0 Å². The van der Waals surface area contributed by atoms with E-state index in [4.69, 9.17) is 9.47 Å². The third kappa shape index (κ3) is 3.39. The highest BCUT2D eigenvalue weighted by molar-refractivity contribution is 9.10. The molecule has 2 fully saturated rings. The van der Waals surface area contributed by atoms with Crippen molar-refractivity contribution >= 4 is 21.6 Å². The van der Waals surface area contributed by atoms with Gasteiger partial charge in [0.05, 0.1) is 16.9 Å². The Morgan fingerprint density at radius 1 is 1.29 bits per heavy atom. The summed E-state index contributed by atoms with van der Waals surface area (Å²) in [7, 11) is 0. The van der Waals surface area contributed by atoms with Gasteiger partial charge in [0.25, 0.3) is 0 Å². The number of anilines is 1. The van der Waals surface area contributed by atoms with Gasteiger partial charge in [-0.1, -0.05) is 15.9 Å². The van der Waals surface area contributed by atoms with Gasteiger partial charge in [-0.3, -0.25) is 0 Å². The van der Waals surface area contributed by atoms with E-state index < -0.39 is 0 Å². The van der Waals surface area contributed by atoms with Crippen molar-refractivity contribution in [3.63, 3.8) is 0 Å². The van der Waals surface area contributed by atoms with Crippen LogP contribution in [0.25, 0.3) is 0 Å². The SMILES string of the molecule is N#Cc1ccc(Br)cc1NC1CCOC2(CCOCC2)C1. The normalized spacial score (nSPS) is 24.5. The van der Waals surface area contributed by atoms with E-state index in [0.29, 0.717) is 11.6 Å². The van der Waals surface area contributed by atoms with Crippen LogP contribution in [0.4, 0.5) is 5.69 Å². The second kappa shape index (κ2) is 6.35. The lowest BCUT2D eigenvalue weighted by atomic mass is 9.84. The van der Waals surface area contributed by atoms with E-state index >= 15 is 0 Å². The molecule has 2 heterocycles. The molecule has 1 aromatic carbocycles. The summed E-state index contributed by atoms with van der Waals surface area (Å²) in [5.74, 6) is 0. The van der Waals surface area contributed by atoms with Gasteiger partial charge >= 0.3 is 0 Å². The van der Waals surface area contributed by atoms with E-state index in [1.165, 1.54) is 0 Å². The zero-order valence-corrected chi connectivity index (χ0v) is 13.5. The minimum absolute atomic E-state index is 0.0347. The number of halogens is 1. The molecule has 1 spiro atoms. The molecule has 3 rings (SSSR count). The molecule has 1 unspecified atom stereocenters. The van der Waals surface area contributed by atoms with Crippen LogP contribution in [0.15, 0.2) is 22.7 Å². The average Bonchev–Trinajstić information content (AvgIpc) is 2.48. The van der Waals surface area contributed by atoms with E-state index in [2.05, 4.69) is 27.3 Å². The minimum Gasteiger partial charge on any atom is -0.381 e. The highest BCUT2D eigenvalue weighted by Gasteiger charge is 2.39. The van der Waals surface area contributed by atoms with Gasteiger partial charge in [0, 0.05) is 30.3 Å². The van der Waals surface area contributed by atoms with E-state index in [1.54, 1.807) is 0 Å². The first-order valence-corrected chi connectivity index (χ1v) is 8.18. The van der Waals surface area contributed by atoms with Gasteiger partial charge in [-0.2, -0.15) is 5.26 Å². The average molecular weight is 351 g/mol. The number of rotatable bonds is 2. The molecule has 1 atom stereocenters. The van der Waals surface area contributed by atoms with Crippen molar-refractivity contribution in [2.24, 2.45) is 0 Å². The predicted octanol–water partition coefficient (Wildman–Crippen LogP) is 3.46. The smallest absolute Gasteiger partial charge is 0.101 e. The van der Waals surface area contributed by atoms with Crippen LogP contribution in [0.2, 0.25) is 0 Å². The third-order valence-electron chi connectivity index (χ3n) is 4.36. The van der Waals surface area contributed by atoms with Gasteiger partial charge < -0.3 is 14.8 Å². The highest BCUT2D eigenvalue weighted by Crippen LogP contribution is 2.35. The summed E-state index contributed by atoms with van der Waals surface area (Å²) in [5.41, 5.74) is 1.55. The first-order valence-electron chi connectivity index (χ1n) is 7.39. The van der Waals surface area contributed by atoms with Gasteiger partial charge in [0.2, 0.25) is 0 Å². The van der Waals surface area contributed by atoms with Crippen molar-refractivity contribution in [3.8, 4) is 6.07 Å². The Kier molecular flexibility index (Phi) is 4.48. The van der Waals surface area contributed by atoms with Crippen LogP contribution in [-0.2, 0) is 9.47 Å². The molecule has 0 saturated carbocycles. The number of ether oxygens (including phenoxy) is 2. The fourth-order valence-corrected chi connectivity index (χ4v) is 3.56. The van der Waals surface area contributed by atoms with E-state index in [9.17, 15) is 5.26 Å². The van der Waals surface area contributed by atoms with Crippen LogP contribution >= 0.6 is 15.9 Å². The molecule has 0 aromatic heterocycles. The van der Waals surface area contributed by atoms with Crippen molar-refractivity contribution in [3.05, 3.63) is 28.2 Å². The Morgan fingerprint density at radius 2 is 2.10 bits per heavy atom. The number of benzene rings is 1. The maximum atomic E-state index is 9.23. The standard InChI is InChI=1S/C16H19BrN2O2/c17-13-2-1-12(11-18)15(9-13)19-14-3-6-21-16(10-14)4-7-20-8-5-16/h1-2,9,14,19H,3-8,10H2. The molecule has 0 bridgehead atoms. The summed E-state index contributed by atoms with van der Waals surface area (Å²) in [4.78, 5) is 0. The molecule has 2 saturated heterocycles. The van der Waals surface area contributed by atoms with Crippen molar-refractivity contribution in [2.45, 2.75) is 37.3 Å². The molecule has 0 radical (unpaired) electrons. The number of nitrogens with one attached hydrogen (secondary N) is 1. The van der Waals surface area contributed by atoms with Gasteiger partial charge in [-0.15, -0.1) is 0 Å². The molecule has 5 heteroatoms. The lowest BCUT2D eigenvalue weighted by Crippen LogP contribution is -2.47. The largest absolute Gasteiger partial charge is 0.381 e. The molecule has 2 aliphatic heterocycles. The van der Waals surface area contributed by atoms with Crippen LogP contribution in [0.3, 0.4) is 0 Å². The molecule has 0 amide bonds. The molecular weight excluding hydrogens is 332 g/mol. The molecule has 4 nitrogen and oxygen atoms in total. The number of nitrogens with zero attached hydrogens (tertiary/aromatic N) is 1. The summed E-state index contributed by atoms with van der Waals surface area (Å²) in [6, 6.07) is 8.31. The lowest BCUT2D eigenvalue weighted by Gasteiger charge is -2.43. The maximum absolute atomic E-state index is 9.23. The summed E-state index contributed by atoms with van der Waals surface area (Å²) in [6.07, 6.45) is 3.89. The van der Waals surface area contributed by atoms with Gasteiger partial charge in [0.1, 0.15) is 6.07 Å². The number of nitriles is 1. The van der Waals surface area contributed by atoms with Crippen molar-refractivity contribution in [1.82, 2.24) is 0 Å². The van der Waals surface area contributed by atoms with Crippen LogP contribution in [0.5, 0.6) is 0 Å². The van der Waals surface area contributed by atoms with E-state index in [0.717, 1.165) is 55.7 Å². The molecule has 1 N–H and O–H groups in total. The fourth-order valence-electron chi connectivity index (χ4n) is 3.20. The van der Waals surface area contributed by atoms with Crippen LogP contribution in [0.1, 0.15) is 31.2 Å². The topological polar surface area (TPSA) is 54.3 Å². The first kappa shape index (κ1) is 14.8. The molecule has 1 aromatic rings. The summed E-state index contributed by atoms with van der Waals surface area (Å²) >= 11 is 3.47. The van der Waals surface area contributed by atoms with Crippen LogP contribution in [-0.4, -0.2) is 31.5 Å². The van der Waals surface area contributed by atoms with Gasteiger partial charge in [-0.25, -0.2) is 0 Å². The van der Waals surface area contributed by atoms with Crippen LogP contribution < -0.4 is 5.32 Å². The zero-order chi connectivity index (χ0) is 14.7. The fraction of sp³-hybridized carbons (Fsp3) is 0.562. The number of hydrogen-bond acceptors (Lipinski definition) is 4. The molecule has 2 aliphatic rings.